The highest BCUT2D eigenvalue weighted by atomic mass is 19.1. The lowest BCUT2D eigenvalue weighted by molar-refractivity contribution is -0.140. The molecule has 2 aromatic rings. The summed E-state index contributed by atoms with van der Waals surface area (Å²) in [6.07, 6.45) is 2.99. The number of rotatable bonds is 2. The van der Waals surface area contributed by atoms with Gasteiger partial charge in [-0.15, -0.1) is 0 Å². The zero-order valence-electron chi connectivity index (χ0n) is 16.0. The Morgan fingerprint density at radius 1 is 1.11 bits per heavy atom. The first-order valence-electron chi connectivity index (χ1n) is 10.0. The quantitative estimate of drug-likeness (QED) is 0.798. The minimum Gasteiger partial charge on any atom is -0.356 e. The Morgan fingerprint density at radius 2 is 1.86 bits per heavy atom. The Labute approximate surface area is 164 Å². The van der Waals surface area contributed by atoms with Crippen LogP contribution < -0.4 is 4.90 Å². The summed E-state index contributed by atoms with van der Waals surface area (Å²) in [5, 5.41) is 0. The Balaban J connectivity index is 1.33. The fourth-order valence-electron chi connectivity index (χ4n) is 4.85. The molecule has 3 fully saturated rings. The SMILES string of the molecule is Cc1nc(N2CCC3(CC2)O[C@@H]2CC[C@@H](c4ccccc4)N2C3=O)ccc1F. The number of hydrogen-bond donors (Lipinski definition) is 0. The third-order valence-corrected chi connectivity index (χ3v) is 6.41. The Kier molecular flexibility index (Phi) is 4.12. The molecule has 0 bridgehead atoms. The van der Waals surface area contributed by atoms with Crippen LogP contribution in [0.4, 0.5) is 10.2 Å². The Morgan fingerprint density at radius 3 is 2.57 bits per heavy atom. The molecule has 0 radical (unpaired) electrons. The molecule has 4 heterocycles. The summed E-state index contributed by atoms with van der Waals surface area (Å²) in [6, 6.07) is 13.5. The van der Waals surface area contributed by atoms with Gasteiger partial charge >= 0.3 is 0 Å². The van der Waals surface area contributed by atoms with Crippen LogP contribution in [0.15, 0.2) is 42.5 Å². The highest BCUT2D eigenvalue weighted by molar-refractivity contribution is 5.88. The van der Waals surface area contributed by atoms with Crippen molar-refractivity contribution in [3.8, 4) is 0 Å². The number of fused-ring (bicyclic) bond motifs is 1. The van der Waals surface area contributed by atoms with Crippen LogP contribution in [0.1, 0.15) is 43.0 Å². The molecule has 0 aliphatic carbocycles. The standard InChI is InChI=1S/C22H24FN3O2/c1-15-17(23)7-9-19(24-15)25-13-11-22(12-14-25)21(27)26-18(8-10-20(26)28-22)16-5-3-2-4-6-16/h2-7,9,18,20H,8,10-14H2,1H3/t18-,20+/m0/s1. The summed E-state index contributed by atoms with van der Waals surface area (Å²) < 4.78 is 19.9. The van der Waals surface area contributed by atoms with E-state index in [1.54, 1.807) is 13.0 Å². The highest BCUT2D eigenvalue weighted by Gasteiger charge is 2.57. The van der Waals surface area contributed by atoms with E-state index in [2.05, 4.69) is 22.0 Å². The summed E-state index contributed by atoms with van der Waals surface area (Å²) in [5.74, 6) is 0.604. The molecular weight excluding hydrogens is 357 g/mol. The molecule has 1 aromatic heterocycles. The van der Waals surface area contributed by atoms with E-state index in [1.165, 1.54) is 11.6 Å². The second-order valence-electron chi connectivity index (χ2n) is 8.01. The molecule has 3 aliphatic heterocycles. The Bertz CT molecular complexity index is 896. The zero-order valence-corrected chi connectivity index (χ0v) is 16.0. The van der Waals surface area contributed by atoms with Crippen LogP contribution in [-0.2, 0) is 9.53 Å². The van der Waals surface area contributed by atoms with Gasteiger partial charge in [0.15, 0.2) is 5.60 Å². The molecule has 0 unspecified atom stereocenters. The fourth-order valence-corrected chi connectivity index (χ4v) is 4.85. The van der Waals surface area contributed by atoms with E-state index < -0.39 is 5.60 Å². The summed E-state index contributed by atoms with van der Waals surface area (Å²) in [6.45, 7) is 3.03. The molecule has 1 spiro atoms. The van der Waals surface area contributed by atoms with Gasteiger partial charge in [-0.3, -0.25) is 4.79 Å². The van der Waals surface area contributed by atoms with Gasteiger partial charge in [0, 0.05) is 25.9 Å². The van der Waals surface area contributed by atoms with Gasteiger partial charge in [0.2, 0.25) is 0 Å². The highest BCUT2D eigenvalue weighted by Crippen LogP contribution is 2.47. The normalized spacial score (nSPS) is 26.1. The predicted molar refractivity (Wildman–Crippen MR) is 103 cm³/mol. The topological polar surface area (TPSA) is 45.7 Å². The number of aryl methyl sites for hydroxylation is 1. The number of hydrogen-bond acceptors (Lipinski definition) is 4. The van der Waals surface area contributed by atoms with Gasteiger partial charge in [-0.25, -0.2) is 9.37 Å². The van der Waals surface area contributed by atoms with E-state index in [4.69, 9.17) is 4.74 Å². The molecule has 3 aliphatic rings. The smallest absolute Gasteiger partial charge is 0.257 e. The van der Waals surface area contributed by atoms with Crippen molar-refractivity contribution in [3.05, 3.63) is 59.5 Å². The van der Waals surface area contributed by atoms with Crippen LogP contribution in [0.5, 0.6) is 0 Å². The molecule has 5 rings (SSSR count). The number of pyridine rings is 1. The first kappa shape index (κ1) is 17.6. The molecule has 6 heteroatoms. The minimum absolute atomic E-state index is 0.109. The van der Waals surface area contributed by atoms with E-state index in [0.717, 1.165) is 18.7 Å². The van der Waals surface area contributed by atoms with E-state index in [-0.39, 0.29) is 24.0 Å². The number of halogens is 1. The van der Waals surface area contributed by atoms with E-state index in [1.807, 2.05) is 23.1 Å². The summed E-state index contributed by atoms with van der Waals surface area (Å²) >= 11 is 0. The Hall–Kier alpha value is -2.47. The van der Waals surface area contributed by atoms with Gasteiger partial charge in [-0.2, -0.15) is 0 Å². The molecular formula is C22H24FN3O2. The van der Waals surface area contributed by atoms with Crippen molar-refractivity contribution in [2.75, 3.05) is 18.0 Å². The molecule has 2 atom stereocenters. The monoisotopic (exact) mass is 381 g/mol. The van der Waals surface area contributed by atoms with E-state index in [9.17, 15) is 9.18 Å². The number of aromatic nitrogens is 1. The van der Waals surface area contributed by atoms with Gasteiger partial charge < -0.3 is 14.5 Å². The summed E-state index contributed by atoms with van der Waals surface area (Å²) in [7, 11) is 0. The average Bonchev–Trinajstić information content (AvgIpc) is 3.24. The number of benzene rings is 1. The summed E-state index contributed by atoms with van der Waals surface area (Å²) in [4.78, 5) is 21.9. The van der Waals surface area contributed by atoms with Crippen molar-refractivity contribution in [1.29, 1.82) is 0 Å². The van der Waals surface area contributed by atoms with Crippen molar-refractivity contribution in [2.24, 2.45) is 0 Å². The molecule has 1 aromatic carbocycles. The predicted octanol–water partition coefficient (Wildman–Crippen LogP) is 3.59. The van der Waals surface area contributed by atoms with Gasteiger partial charge in [-0.1, -0.05) is 30.3 Å². The number of piperidine rings is 1. The molecule has 146 valence electrons. The second-order valence-corrected chi connectivity index (χ2v) is 8.01. The maximum absolute atomic E-state index is 13.5. The van der Waals surface area contributed by atoms with Crippen LogP contribution in [0.3, 0.4) is 0 Å². The van der Waals surface area contributed by atoms with Crippen molar-refractivity contribution in [3.63, 3.8) is 0 Å². The van der Waals surface area contributed by atoms with Crippen LogP contribution in [0.25, 0.3) is 0 Å². The van der Waals surface area contributed by atoms with E-state index in [0.29, 0.717) is 31.6 Å². The van der Waals surface area contributed by atoms with Crippen LogP contribution >= 0.6 is 0 Å². The van der Waals surface area contributed by atoms with E-state index >= 15 is 0 Å². The number of carbonyl (C=O) groups excluding carboxylic acids is 1. The van der Waals surface area contributed by atoms with Crippen LogP contribution in [-0.4, -0.2) is 40.7 Å². The van der Waals surface area contributed by atoms with Gasteiger partial charge in [0.1, 0.15) is 17.9 Å². The lowest BCUT2D eigenvalue weighted by Gasteiger charge is -2.38. The fraction of sp³-hybridized carbons (Fsp3) is 0.455. The largest absolute Gasteiger partial charge is 0.356 e. The number of carbonyl (C=O) groups is 1. The van der Waals surface area contributed by atoms with Gasteiger partial charge in [0.25, 0.3) is 5.91 Å². The maximum atomic E-state index is 13.5. The van der Waals surface area contributed by atoms with Crippen molar-refractivity contribution in [1.82, 2.24) is 9.88 Å². The molecule has 28 heavy (non-hydrogen) atoms. The number of nitrogens with zero attached hydrogens (tertiary/aromatic N) is 3. The first-order valence-corrected chi connectivity index (χ1v) is 10.0. The third-order valence-electron chi connectivity index (χ3n) is 6.41. The third kappa shape index (κ3) is 2.70. The summed E-state index contributed by atoms with van der Waals surface area (Å²) in [5.41, 5.74) is 0.865. The average molecular weight is 381 g/mol. The van der Waals surface area contributed by atoms with Gasteiger partial charge in [0.05, 0.1) is 11.7 Å². The number of amides is 1. The van der Waals surface area contributed by atoms with Crippen molar-refractivity contribution >= 4 is 11.7 Å². The number of ether oxygens (including phenoxy) is 1. The molecule has 3 saturated heterocycles. The zero-order chi connectivity index (χ0) is 19.3. The minimum atomic E-state index is -0.719. The van der Waals surface area contributed by atoms with Crippen molar-refractivity contribution < 1.29 is 13.9 Å². The second kappa shape index (κ2) is 6.55. The number of anilines is 1. The van der Waals surface area contributed by atoms with Crippen LogP contribution in [0, 0.1) is 12.7 Å². The first-order chi connectivity index (χ1) is 13.6. The molecule has 0 saturated carbocycles. The lowest BCUT2D eigenvalue weighted by atomic mass is 9.89. The molecule has 5 nitrogen and oxygen atoms in total. The maximum Gasteiger partial charge on any atom is 0.257 e. The molecule has 0 N–H and O–H groups in total. The lowest BCUT2D eigenvalue weighted by Crippen LogP contribution is -2.50. The van der Waals surface area contributed by atoms with Crippen molar-refractivity contribution in [2.45, 2.75) is 50.5 Å². The molecule has 1 amide bonds. The van der Waals surface area contributed by atoms with Crippen LogP contribution in [0.2, 0.25) is 0 Å². The van der Waals surface area contributed by atoms with Gasteiger partial charge in [-0.05, 0) is 37.5 Å².